The van der Waals surface area contributed by atoms with E-state index in [0.29, 0.717) is 26.3 Å². The molecule has 0 aliphatic heterocycles. The summed E-state index contributed by atoms with van der Waals surface area (Å²) in [6.07, 6.45) is 5.33. The van der Waals surface area contributed by atoms with Gasteiger partial charge in [-0.05, 0) is 18.9 Å². The van der Waals surface area contributed by atoms with Crippen molar-refractivity contribution in [2.45, 2.75) is 44.2 Å². The van der Waals surface area contributed by atoms with Crippen LogP contribution in [-0.4, -0.2) is 37.6 Å². The molecule has 0 bridgehead atoms. The number of rotatable bonds is 8. The van der Waals surface area contributed by atoms with E-state index in [-0.39, 0.29) is 0 Å². The number of benzene rings is 1. The van der Waals surface area contributed by atoms with Gasteiger partial charge in [-0.3, -0.25) is 0 Å². The van der Waals surface area contributed by atoms with Gasteiger partial charge in [0.2, 0.25) is 0 Å². The maximum atomic E-state index is 10.5. The van der Waals surface area contributed by atoms with Crippen molar-refractivity contribution >= 4 is 0 Å². The lowest BCUT2D eigenvalue weighted by Gasteiger charge is -2.32. The Labute approximate surface area is 127 Å². The van der Waals surface area contributed by atoms with Gasteiger partial charge in [0.1, 0.15) is 12.4 Å². The SMILES string of the molecule is COCCOc1ccccc1CNCC1(O)CCCCC1. The zero-order chi connectivity index (χ0) is 15.0. The summed E-state index contributed by atoms with van der Waals surface area (Å²) in [5.74, 6) is 0.887. The fourth-order valence-corrected chi connectivity index (χ4v) is 2.84. The Hall–Kier alpha value is -1.10. The molecule has 2 N–H and O–H groups in total. The minimum Gasteiger partial charge on any atom is -0.491 e. The molecule has 0 amide bonds. The van der Waals surface area contributed by atoms with E-state index >= 15 is 0 Å². The van der Waals surface area contributed by atoms with Crippen molar-refractivity contribution in [1.29, 1.82) is 0 Å². The van der Waals surface area contributed by atoms with Crippen molar-refractivity contribution in [2.75, 3.05) is 26.9 Å². The topological polar surface area (TPSA) is 50.7 Å². The average Bonchev–Trinajstić information content (AvgIpc) is 2.50. The van der Waals surface area contributed by atoms with Gasteiger partial charge in [-0.2, -0.15) is 0 Å². The Morgan fingerprint density at radius 3 is 2.67 bits per heavy atom. The van der Waals surface area contributed by atoms with E-state index in [2.05, 4.69) is 11.4 Å². The third-order valence-electron chi connectivity index (χ3n) is 4.07. The number of hydrogen-bond acceptors (Lipinski definition) is 4. The molecule has 1 aromatic rings. The standard InChI is InChI=1S/C17H27NO3/c1-20-11-12-21-16-8-4-3-7-15(16)13-18-14-17(19)9-5-2-6-10-17/h3-4,7-8,18-19H,2,5-6,9-14H2,1H3. The second-order valence-electron chi connectivity index (χ2n) is 5.84. The first-order chi connectivity index (χ1) is 10.2. The van der Waals surface area contributed by atoms with Crippen LogP contribution in [0.1, 0.15) is 37.7 Å². The molecule has 1 aliphatic rings. The Balaban J connectivity index is 1.82. The third-order valence-corrected chi connectivity index (χ3v) is 4.07. The van der Waals surface area contributed by atoms with Gasteiger partial charge in [0.15, 0.2) is 0 Å². The first-order valence-electron chi connectivity index (χ1n) is 7.86. The Bertz CT molecular complexity index is 416. The summed E-state index contributed by atoms with van der Waals surface area (Å²) in [5, 5.41) is 13.9. The molecule has 0 spiro atoms. The molecular weight excluding hydrogens is 266 g/mol. The van der Waals surface area contributed by atoms with E-state index in [1.807, 2.05) is 18.2 Å². The highest BCUT2D eigenvalue weighted by atomic mass is 16.5. The van der Waals surface area contributed by atoms with E-state index in [1.165, 1.54) is 6.42 Å². The predicted molar refractivity (Wildman–Crippen MR) is 83.6 cm³/mol. The maximum absolute atomic E-state index is 10.5. The molecule has 1 aliphatic carbocycles. The number of aliphatic hydroxyl groups is 1. The summed E-state index contributed by atoms with van der Waals surface area (Å²) in [6, 6.07) is 8.01. The monoisotopic (exact) mass is 293 g/mol. The van der Waals surface area contributed by atoms with Crippen LogP contribution >= 0.6 is 0 Å². The van der Waals surface area contributed by atoms with E-state index in [1.54, 1.807) is 7.11 Å². The van der Waals surface area contributed by atoms with Crippen molar-refractivity contribution in [3.8, 4) is 5.75 Å². The fraction of sp³-hybridized carbons (Fsp3) is 0.647. The van der Waals surface area contributed by atoms with Crippen LogP contribution < -0.4 is 10.1 Å². The second-order valence-corrected chi connectivity index (χ2v) is 5.84. The molecule has 0 aromatic heterocycles. The van der Waals surface area contributed by atoms with E-state index in [9.17, 15) is 5.11 Å². The van der Waals surface area contributed by atoms with E-state index in [4.69, 9.17) is 9.47 Å². The van der Waals surface area contributed by atoms with Gasteiger partial charge in [0.05, 0.1) is 12.2 Å². The predicted octanol–water partition coefficient (Wildman–Crippen LogP) is 2.50. The highest BCUT2D eigenvalue weighted by Gasteiger charge is 2.28. The van der Waals surface area contributed by atoms with Crippen molar-refractivity contribution < 1.29 is 14.6 Å². The minimum absolute atomic E-state index is 0.524. The summed E-state index contributed by atoms with van der Waals surface area (Å²) in [4.78, 5) is 0. The lowest BCUT2D eigenvalue weighted by Crippen LogP contribution is -2.41. The average molecular weight is 293 g/mol. The van der Waals surface area contributed by atoms with Crippen molar-refractivity contribution in [1.82, 2.24) is 5.32 Å². The first kappa shape index (κ1) is 16.3. The zero-order valence-corrected chi connectivity index (χ0v) is 12.9. The summed E-state index contributed by atoms with van der Waals surface area (Å²) in [5.41, 5.74) is 0.595. The van der Waals surface area contributed by atoms with E-state index in [0.717, 1.165) is 37.0 Å². The van der Waals surface area contributed by atoms with Crippen molar-refractivity contribution in [3.63, 3.8) is 0 Å². The summed E-state index contributed by atoms with van der Waals surface area (Å²) in [6.45, 7) is 2.50. The molecule has 4 heteroatoms. The van der Waals surface area contributed by atoms with Crippen LogP contribution in [0.4, 0.5) is 0 Å². The Morgan fingerprint density at radius 1 is 1.14 bits per heavy atom. The summed E-state index contributed by atoms with van der Waals surface area (Å²) >= 11 is 0. The van der Waals surface area contributed by atoms with Gasteiger partial charge in [0, 0.05) is 25.8 Å². The quantitative estimate of drug-likeness (QED) is 0.723. The Kier molecular flexibility index (Phi) is 6.49. The van der Waals surface area contributed by atoms with Crippen LogP contribution in [-0.2, 0) is 11.3 Å². The zero-order valence-electron chi connectivity index (χ0n) is 12.9. The van der Waals surface area contributed by atoms with Gasteiger partial charge in [-0.1, -0.05) is 37.5 Å². The molecule has 1 aromatic carbocycles. The number of ether oxygens (including phenoxy) is 2. The molecular formula is C17H27NO3. The van der Waals surface area contributed by atoms with Crippen LogP contribution in [0.15, 0.2) is 24.3 Å². The van der Waals surface area contributed by atoms with Gasteiger partial charge in [0.25, 0.3) is 0 Å². The number of hydrogen-bond donors (Lipinski definition) is 2. The molecule has 0 radical (unpaired) electrons. The summed E-state index contributed by atoms with van der Waals surface area (Å²) in [7, 11) is 1.67. The lowest BCUT2D eigenvalue weighted by atomic mass is 9.85. The minimum atomic E-state index is -0.524. The smallest absolute Gasteiger partial charge is 0.123 e. The molecule has 0 unspecified atom stereocenters. The van der Waals surface area contributed by atoms with Crippen molar-refractivity contribution in [2.24, 2.45) is 0 Å². The summed E-state index contributed by atoms with van der Waals surface area (Å²) < 4.78 is 10.7. The number of para-hydroxylation sites is 1. The lowest BCUT2D eigenvalue weighted by molar-refractivity contribution is 0.00462. The highest BCUT2D eigenvalue weighted by Crippen LogP contribution is 2.27. The molecule has 4 nitrogen and oxygen atoms in total. The van der Waals surface area contributed by atoms with Crippen LogP contribution in [0.5, 0.6) is 5.75 Å². The number of methoxy groups -OCH3 is 1. The third kappa shape index (κ3) is 5.30. The molecule has 0 saturated heterocycles. The number of nitrogens with one attached hydrogen (secondary N) is 1. The Morgan fingerprint density at radius 2 is 1.90 bits per heavy atom. The largest absolute Gasteiger partial charge is 0.491 e. The molecule has 0 atom stereocenters. The molecule has 1 fully saturated rings. The van der Waals surface area contributed by atoms with Gasteiger partial charge in [-0.15, -0.1) is 0 Å². The van der Waals surface area contributed by atoms with Gasteiger partial charge in [-0.25, -0.2) is 0 Å². The molecule has 0 heterocycles. The van der Waals surface area contributed by atoms with Crippen LogP contribution in [0.3, 0.4) is 0 Å². The van der Waals surface area contributed by atoms with Gasteiger partial charge >= 0.3 is 0 Å². The van der Waals surface area contributed by atoms with Crippen LogP contribution in [0, 0.1) is 0 Å². The van der Waals surface area contributed by atoms with Crippen molar-refractivity contribution in [3.05, 3.63) is 29.8 Å². The molecule has 118 valence electrons. The first-order valence-corrected chi connectivity index (χ1v) is 7.86. The normalized spacial score (nSPS) is 17.6. The van der Waals surface area contributed by atoms with Gasteiger partial charge < -0.3 is 19.9 Å². The van der Waals surface area contributed by atoms with Crippen LogP contribution in [0.2, 0.25) is 0 Å². The molecule has 21 heavy (non-hydrogen) atoms. The second kappa shape index (κ2) is 8.37. The molecule has 2 rings (SSSR count). The molecule has 1 saturated carbocycles. The van der Waals surface area contributed by atoms with E-state index < -0.39 is 5.60 Å². The fourth-order valence-electron chi connectivity index (χ4n) is 2.84. The van der Waals surface area contributed by atoms with Crippen LogP contribution in [0.25, 0.3) is 0 Å². The highest BCUT2D eigenvalue weighted by molar-refractivity contribution is 5.33. The maximum Gasteiger partial charge on any atom is 0.123 e.